The van der Waals surface area contributed by atoms with Gasteiger partial charge in [-0.15, -0.1) is 0 Å². The predicted molar refractivity (Wildman–Crippen MR) is 96.3 cm³/mol. The van der Waals surface area contributed by atoms with E-state index in [0.29, 0.717) is 26.0 Å². The van der Waals surface area contributed by atoms with Crippen LogP contribution in [0.2, 0.25) is 5.02 Å². The third kappa shape index (κ3) is 2.74. The lowest BCUT2D eigenvalue weighted by molar-refractivity contribution is 0.537. The maximum absolute atomic E-state index is 5.99. The Balaban J connectivity index is 2.25. The van der Waals surface area contributed by atoms with E-state index in [1.807, 2.05) is 18.2 Å². The second-order valence-corrected chi connectivity index (χ2v) is 6.57. The molecule has 0 aliphatic rings. The Morgan fingerprint density at radius 1 is 1.05 bits per heavy atom. The summed E-state index contributed by atoms with van der Waals surface area (Å²) in [6, 6.07) is 13.6. The zero-order chi connectivity index (χ0) is 15.9. The predicted octanol–water partition coefficient (Wildman–Crippen LogP) is 6.46. The highest BCUT2D eigenvalue weighted by Crippen LogP contribution is 2.24. The molecule has 2 nitrogen and oxygen atoms in total. The Morgan fingerprint density at radius 2 is 1.73 bits per heavy atom. The van der Waals surface area contributed by atoms with Crippen molar-refractivity contribution in [1.29, 1.82) is 0 Å². The Labute approximate surface area is 144 Å². The molecular formula is C17H14ClNOS2. The standard InChI is InChI=1S/C17H14ClNOS2/c1-10(2)11-3-6-13(7-4-11)19-16(21)14-8-5-12(18)9-15(14)20-17(19)22/h3-10H,1-2H3. The molecule has 1 aromatic heterocycles. The molecular weight excluding hydrogens is 334 g/mol. The molecule has 3 aromatic rings. The van der Waals surface area contributed by atoms with E-state index in [1.165, 1.54) is 5.56 Å². The van der Waals surface area contributed by atoms with Crippen molar-refractivity contribution < 1.29 is 4.42 Å². The second-order valence-electron chi connectivity index (χ2n) is 5.40. The molecule has 0 atom stereocenters. The molecule has 0 bridgehead atoms. The minimum absolute atomic E-state index is 0.317. The first kappa shape index (κ1) is 15.4. The largest absolute Gasteiger partial charge is 0.430 e. The van der Waals surface area contributed by atoms with E-state index in [9.17, 15) is 0 Å². The van der Waals surface area contributed by atoms with Crippen molar-refractivity contribution in [3.8, 4) is 5.69 Å². The van der Waals surface area contributed by atoms with Crippen molar-refractivity contribution in [1.82, 2.24) is 4.57 Å². The number of rotatable bonds is 2. The minimum atomic E-state index is 0.317. The Hall–Kier alpha value is -1.49. The number of fused-ring (bicyclic) bond motifs is 1. The van der Waals surface area contributed by atoms with Crippen LogP contribution >= 0.6 is 36.0 Å². The molecule has 0 unspecified atom stereocenters. The second kappa shape index (κ2) is 5.95. The van der Waals surface area contributed by atoms with Gasteiger partial charge in [-0.05, 0) is 48.0 Å². The maximum atomic E-state index is 5.99. The first-order valence-corrected chi connectivity index (χ1v) is 8.12. The van der Waals surface area contributed by atoms with E-state index in [2.05, 4.69) is 26.0 Å². The van der Waals surface area contributed by atoms with Gasteiger partial charge >= 0.3 is 0 Å². The van der Waals surface area contributed by atoms with Crippen LogP contribution in [0.4, 0.5) is 0 Å². The van der Waals surface area contributed by atoms with Gasteiger partial charge in [0.15, 0.2) is 0 Å². The molecule has 0 N–H and O–H groups in total. The molecule has 3 rings (SSSR count). The molecule has 0 spiro atoms. The van der Waals surface area contributed by atoms with Gasteiger partial charge in [0.05, 0.1) is 11.1 Å². The molecule has 0 saturated carbocycles. The van der Waals surface area contributed by atoms with Crippen LogP contribution in [-0.2, 0) is 0 Å². The van der Waals surface area contributed by atoms with Crippen molar-refractivity contribution in [3.63, 3.8) is 0 Å². The van der Waals surface area contributed by atoms with Crippen LogP contribution in [0.1, 0.15) is 25.3 Å². The van der Waals surface area contributed by atoms with E-state index in [1.54, 1.807) is 16.7 Å². The highest BCUT2D eigenvalue weighted by atomic mass is 35.5. The fourth-order valence-corrected chi connectivity index (χ4v) is 3.19. The number of hydrogen-bond acceptors (Lipinski definition) is 3. The van der Waals surface area contributed by atoms with Gasteiger partial charge in [0.2, 0.25) is 0 Å². The van der Waals surface area contributed by atoms with Crippen LogP contribution < -0.4 is 0 Å². The summed E-state index contributed by atoms with van der Waals surface area (Å²) in [6.45, 7) is 4.32. The molecule has 2 aromatic carbocycles. The van der Waals surface area contributed by atoms with Gasteiger partial charge in [0, 0.05) is 11.1 Å². The highest BCUT2D eigenvalue weighted by Gasteiger charge is 2.08. The summed E-state index contributed by atoms with van der Waals surface area (Å²) in [4.78, 5) is 0.317. The molecule has 22 heavy (non-hydrogen) atoms. The third-order valence-corrected chi connectivity index (χ3v) is 4.48. The average molecular weight is 348 g/mol. The van der Waals surface area contributed by atoms with Crippen LogP contribution in [0.3, 0.4) is 0 Å². The molecule has 112 valence electrons. The lowest BCUT2D eigenvalue weighted by atomic mass is 10.0. The monoisotopic (exact) mass is 347 g/mol. The zero-order valence-electron chi connectivity index (χ0n) is 12.2. The van der Waals surface area contributed by atoms with Crippen LogP contribution in [0, 0.1) is 9.48 Å². The Kier molecular flexibility index (Phi) is 4.17. The quantitative estimate of drug-likeness (QED) is 0.495. The van der Waals surface area contributed by atoms with E-state index < -0.39 is 0 Å². The Bertz CT molecular complexity index is 955. The van der Waals surface area contributed by atoms with Crippen LogP contribution in [-0.4, -0.2) is 4.57 Å². The molecule has 0 fully saturated rings. The Morgan fingerprint density at radius 3 is 2.36 bits per heavy atom. The summed E-state index contributed by atoms with van der Waals surface area (Å²) in [5, 5.41) is 1.42. The van der Waals surface area contributed by atoms with Crippen molar-refractivity contribution >= 4 is 47.0 Å². The van der Waals surface area contributed by atoms with Gasteiger partial charge in [0.25, 0.3) is 4.84 Å². The third-order valence-electron chi connectivity index (χ3n) is 3.57. The smallest absolute Gasteiger partial charge is 0.274 e. The van der Waals surface area contributed by atoms with Crippen LogP contribution in [0.15, 0.2) is 46.9 Å². The zero-order valence-corrected chi connectivity index (χ0v) is 14.6. The molecule has 0 amide bonds. The normalized spacial score (nSPS) is 11.3. The topological polar surface area (TPSA) is 18.1 Å². The molecule has 5 heteroatoms. The van der Waals surface area contributed by atoms with Crippen LogP contribution in [0.25, 0.3) is 16.7 Å². The minimum Gasteiger partial charge on any atom is -0.430 e. The van der Waals surface area contributed by atoms with E-state index in [-0.39, 0.29) is 0 Å². The van der Waals surface area contributed by atoms with Crippen molar-refractivity contribution in [3.05, 3.63) is 62.5 Å². The number of benzene rings is 2. The molecule has 0 aliphatic heterocycles. The lowest BCUT2D eigenvalue weighted by Gasteiger charge is -2.11. The summed E-state index contributed by atoms with van der Waals surface area (Å²) in [7, 11) is 0. The van der Waals surface area contributed by atoms with Gasteiger partial charge in [-0.2, -0.15) is 0 Å². The number of aromatic nitrogens is 1. The molecule has 1 heterocycles. The summed E-state index contributed by atoms with van der Waals surface area (Å²) < 4.78 is 8.11. The first-order chi connectivity index (χ1) is 10.5. The van der Waals surface area contributed by atoms with Crippen molar-refractivity contribution in [2.75, 3.05) is 0 Å². The van der Waals surface area contributed by atoms with Gasteiger partial charge < -0.3 is 4.42 Å². The van der Waals surface area contributed by atoms with Gasteiger partial charge in [0.1, 0.15) is 10.2 Å². The van der Waals surface area contributed by atoms with E-state index in [4.69, 9.17) is 40.5 Å². The van der Waals surface area contributed by atoms with E-state index >= 15 is 0 Å². The summed E-state index contributed by atoms with van der Waals surface area (Å²) in [5.74, 6) is 0.480. The highest BCUT2D eigenvalue weighted by molar-refractivity contribution is 7.72. The van der Waals surface area contributed by atoms with Gasteiger partial charge in [-0.3, -0.25) is 4.57 Å². The van der Waals surface area contributed by atoms with Crippen LogP contribution in [0.5, 0.6) is 0 Å². The maximum Gasteiger partial charge on any atom is 0.274 e. The van der Waals surface area contributed by atoms with Gasteiger partial charge in [-0.1, -0.05) is 49.8 Å². The fourth-order valence-electron chi connectivity index (χ4n) is 2.33. The average Bonchev–Trinajstić information content (AvgIpc) is 2.47. The summed E-state index contributed by atoms with van der Waals surface area (Å²) in [6.07, 6.45) is 0. The molecule has 0 aliphatic carbocycles. The number of nitrogens with zero attached hydrogens (tertiary/aromatic N) is 1. The number of hydrogen-bond donors (Lipinski definition) is 0. The van der Waals surface area contributed by atoms with E-state index in [0.717, 1.165) is 11.1 Å². The summed E-state index contributed by atoms with van der Waals surface area (Å²) >= 11 is 16.9. The SMILES string of the molecule is CC(C)c1ccc(-n2c(=S)oc3cc(Cl)ccc3c2=S)cc1. The van der Waals surface area contributed by atoms with Gasteiger partial charge in [-0.25, -0.2) is 0 Å². The fraction of sp³-hybridized carbons (Fsp3) is 0.176. The summed E-state index contributed by atoms with van der Waals surface area (Å²) in [5.41, 5.74) is 2.78. The number of halogens is 1. The van der Waals surface area contributed by atoms with Crippen molar-refractivity contribution in [2.24, 2.45) is 0 Å². The first-order valence-electron chi connectivity index (χ1n) is 6.93. The van der Waals surface area contributed by atoms with Crippen molar-refractivity contribution in [2.45, 2.75) is 19.8 Å². The molecule has 0 saturated heterocycles. The molecule has 0 radical (unpaired) electrons. The lowest BCUT2D eigenvalue weighted by Crippen LogP contribution is -2.00.